The Morgan fingerprint density at radius 1 is 0.964 bits per heavy atom. The number of benzene rings is 2. The van der Waals surface area contributed by atoms with Crippen LogP contribution in [0.5, 0.6) is 5.75 Å². The van der Waals surface area contributed by atoms with E-state index in [9.17, 15) is 26.4 Å². The molecule has 0 bridgehead atoms. The number of carbonyl (C=O) groups is 2. The fourth-order valence-electron chi connectivity index (χ4n) is 2.24. The van der Waals surface area contributed by atoms with Gasteiger partial charge >= 0.3 is 22.2 Å². The highest BCUT2D eigenvalue weighted by Crippen LogP contribution is 2.32. The van der Waals surface area contributed by atoms with Crippen LogP contribution in [0.1, 0.15) is 12.5 Å². The van der Waals surface area contributed by atoms with E-state index < -0.39 is 47.6 Å². The van der Waals surface area contributed by atoms with Crippen LogP contribution >= 0.6 is 0 Å². The molecule has 0 radical (unpaired) electrons. The third-order valence-corrected chi connectivity index (χ3v) is 5.84. The lowest BCUT2D eigenvalue weighted by molar-refractivity contribution is -0.132. The predicted octanol–water partition coefficient (Wildman–Crippen LogP) is 1.63. The molecule has 0 aliphatic carbocycles. The van der Waals surface area contributed by atoms with Crippen molar-refractivity contribution >= 4 is 32.0 Å². The summed E-state index contributed by atoms with van der Waals surface area (Å²) in [5.74, 6) is -1.33. The summed E-state index contributed by atoms with van der Waals surface area (Å²) < 4.78 is 58.4. The quantitative estimate of drug-likeness (QED) is 0.418. The van der Waals surface area contributed by atoms with E-state index in [2.05, 4.69) is 9.50 Å². The molecule has 0 unspecified atom stereocenters. The summed E-state index contributed by atoms with van der Waals surface area (Å²) in [5.41, 5.74) is 0.700. The van der Waals surface area contributed by atoms with E-state index >= 15 is 0 Å². The smallest absolute Gasteiger partial charge is 0.423 e. The van der Waals surface area contributed by atoms with Gasteiger partial charge in [-0.1, -0.05) is 36.4 Å². The van der Waals surface area contributed by atoms with Crippen LogP contribution in [-0.4, -0.2) is 35.2 Å². The maximum Gasteiger partial charge on any atom is 0.423 e. The van der Waals surface area contributed by atoms with Crippen molar-refractivity contribution in [3.63, 3.8) is 0 Å². The molecule has 11 heteroatoms. The fourth-order valence-corrected chi connectivity index (χ4v) is 4.83. The van der Waals surface area contributed by atoms with Gasteiger partial charge in [0.1, 0.15) is 9.79 Å². The Morgan fingerprint density at radius 3 is 2.18 bits per heavy atom. The molecule has 0 heterocycles. The second-order valence-electron chi connectivity index (χ2n) is 5.61. The largest absolute Gasteiger partial charge is 0.425 e. The second-order valence-corrected chi connectivity index (χ2v) is 9.08. The molecule has 2 rings (SSSR count). The average molecular weight is 427 g/mol. The Kier molecular flexibility index (Phi) is 6.41. The Labute approximate surface area is 162 Å². The Morgan fingerprint density at radius 2 is 1.61 bits per heavy atom. The van der Waals surface area contributed by atoms with Crippen LogP contribution in [0.4, 0.5) is 4.79 Å². The number of sulfone groups is 1. The van der Waals surface area contributed by atoms with E-state index in [1.165, 1.54) is 0 Å². The molecular weight excluding hydrogens is 410 g/mol. The van der Waals surface area contributed by atoms with Crippen molar-refractivity contribution in [2.75, 3.05) is 6.26 Å². The average Bonchev–Trinajstić information content (AvgIpc) is 2.59. The third kappa shape index (κ3) is 5.54. The van der Waals surface area contributed by atoms with Crippen molar-refractivity contribution in [2.24, 2.45) is 0 Å². The Bertz CT molecular complexity index is 1090. The molecule has 150 valence electrons. The Hall–Kier alpha value is -2.92. The molecule has 0 aliphatic rings. The summed E-state index contributed by atoms with van der Waals surface area (Å²) in [6.07, 6.45) is -0.551. The minimum Gasteiger partial charge on any atom is -0.425 e. The van der Waals surface area contributed by atoms with Gasteiger partial charge in [0.15, 0.2) is 15.6 Å². The first-order chi connectivity index (χ1) is 13.0. The molecule has 2 aromatic rings. The first-order valence-corrected chi connectivity index (χ1v) is 11.1. The van der Waals surface area contributed by atoms with E-state index in [4.69, 9.17) is 4.74 Å². The van der Waals surface area contributed by atoms with Crippen molar-refractivity contribution in [1.29, 1.82) is 0 Å². The van der Waals surface area contributed by atoms with Crippen LogP contribution in [-0.2, 0) is 35.5 Å². The number of amides is 1. The van der Waals surface area contributed by atoms with Crippen molar-refractivity contribution in [3.8, 4) is 5.75 Å². The number of carbonyl (C=O) groups excluding carboxylic acids is 2. The van der Waals surface area contributed by atoms with Crippen LogP contribution in [0.15, 0.2) is 58.3 Å². The molecule has 0 spiro atoms. The molecule has 2 aromatic carbocycles. The zero-order valence-corrected chi connectivity index (χ0v) is 16.5. The van der Waals surface area contributed by atoms with Crippen LogP contribution < -0.4 is 10.1 Å². The van der Waals surface area contributed by atoms with Crippen molar-refractivity contribution in [3.05, 3.63) is 54.1 Å². The van der Waals surface area contributed by atoms with Gasteiger partial charge in [-0.15, -0.1) is 0 Å². The molecule has 1 N–H and O–H groups in total. The second kappa shape index (κ2) is 8.40. The molecule has 0 saturated heterocycles. The molecule has 0 atom stereocenters. The van der Waals surface area contributed by atoms with Gasteiger partial charge in [0.05, 0.1) is 0 Å². The molecule has 0 aliphatic heterocycles. The summed E-state index contributed by atoms with van der Waals surface area (Å²) in [6, 6.07) is 11.9. The zero-order valence-electron chi connectivity index (χ0n) is 14.9. The van der Waals surface area contributed by atoms with E-state index in [-0.39, 0.29) is 6.54 Å². The summed E-state index contributed by atoms with van der Waals surface area (Å²) in [4.78, 5) is 21.5. The van der Waals surface area contributed by atoms with Gasteiger partial charge < -0.3 is 14.2 Å². The maximum atomic E-state index is 12.5. The standard InChI is InChI=1S/C17H17NO8S2/c1-12(19)25-14-9-6-10-15(16(14)27(2,21)22)28(23,24)26-17(20)18-11-13-7-4-3-5-8-13/h3-10H,11H2,1-2H3,(H,18,20). The molecule has 0 fully saturated rings. The van der Waals surface area contributed by atoms with Gasteiger partial charge in [0, 0.05) is 19.7 Å². The van der Waals surface area contributed by atoms with Gasteiger partial charge in [-0.2, -0.15) is 8.42 Å². The highest BCUT2D eigenvalue weighted by atomic mass is 32.2. The van der Waals surface area contributed by atoms with Crippen molar-refractivity contribution < 1.29 is 35.3 Å². The van der Waals surface area contributed by atoms with Gasteiger partial charge in [-0.25, -0.2) is 13.2 Å². The minimum atomic E-state index is -4.82. The number of rotatable bonds is 6. The van der Waals surface area contributed by atoms with Crippen LogP contribution in [0.3, 0.4) is 0 Å². The minimum absolute atomic E-state index is 0.00160. The van der Waals surface area contributed by atoms with E-state index in [1.54, 1.807) is 30.3 Å². The van der Waals surface area contributed by atoms with E-state index in [1.807, 2.05) is 0 Å². The highest BCUT2D eigenvalue weighted by Gasteiger charge is 2.31. The summed E-state index contributed by atoms with van der Waals surface area (Å²) >= 11 is 0. The number of hydrogen-bond acceptors (Lipinski definition) is 8. The fraction of sp³-hybridized carbons (Fsp3) is 0.176. The number of hydrogen-bond donors (Lipinski definition) is 1. The van der Waals surface area contributed by atoms with Crippen molar-refractivity contribution in [1.82, 2.24) is 5.32 Å². The van der Waals surface area contributed by atoms with Gasteiger partial charge in [-0.3, -0.25) is 4.79 Å². The monoisotopic (exact) mass is 427 g/mol. The van der Waals surface area contributed by atoms with Gasteiger partial charge in [-0.05, 0) is 17.7 Å². The van der Waals surface area contributed by atoms with Crippen LogP contribution in [0, 0.1) is 0 Å². The van der Waals surface area contributed by atoms with E-state index in [0.29, 0.717) is 5.56 Å². The molecule has 28 heavy (non-hydrogen) atoms. The lowest BCUT2D eigenvalue weighted by atomic mass is 10.2. The van der Waals surface area contributed by atoms with Gasteiger partial charge in [0.25, 0.3) is 0 Å². The number of esters is 1. The summed E-state index contributed by atoms with van der Waals surface area (Å²) in [7, 11) is -8.97. The van der Waals surface area contributed by atoms with E-state index in [0.717, 1.165) is 31.4 Å². The summed E-state index contributed by atoms with van der Waals surface area (Å²) in [5, 5.41) is 2.25. The van der Waals surface area contributed by atoms with Crippen LogP contribution in [0.2, 0.25) is 0 Å². The lowest BCUT2D eigenvalue weighted by Crippen LogP contribution is -2.27. The number of nitrogens with one attached hydrogen (secondary N) is 1. The molecular formula is C17H17NO8S2. The maximum absolute atomic E-state index is 12.5. The highest BCUT2D eigenvalue weighted by molar-refractivity contribution is 7.92. The molecule has 0 aromatic heterocycles. The SMILES string of the molecule is CC(=O)Oc1cccc(S(=O)(=O)OC(=O)NCc2ccccc2)c1S(C)(=O)=O. The van der Waals surface area contributed by atoms with Crippen molar-refractivity contribution in [2.45, 2.75) is 23.3 Å². The topological polar surface area (TPSA) is 133 Å². The molecule has 0 saturated carbocycles. The first kappa shape index (κ1) is 21.4. The number of ether oxygens (including phenoxy) is 1. The lowest BCUT2D eigenvalue weighted by Gasteiger charge is -2.13. The van der Waals surface area contributed by atoms with Crippen LogP contribution in [0.25, 0.3) is 0 Å². The third-order valence-electron chi connectivity index (χ3n) is 3.30. The zero-order chi connectivity index (χ0) is 20.9. The Balaban J connectivity index is 2.32. The molecule has 1 amide bonds. The summed E-state index contributed by atoms with van der Waals surface area (Å²) in [6.45, 7) is 1.03. The molecule has 9 nitrogen and oxygen atoms in total. The van der Waals surface area contributed by atoms with Gasteiger partial charge in [0.2, 0.25) is 0 Å². The predicted molar refractivity (Wildman–Crippen MR) is 97.8 cm³/mol. The normalized spacial score (nSPS) is 11.5. The first-order valence-electron chi connectivity index (χ1n) is 7.78.